The number of para-hydroxylation sites is 3. The van der Waals surface area contributed by atoms with E-state index in [1.54, 1.807) is 48.5 Å². The van der Waals surface area contributed by atoms with E-state index >= 15 is 0 Å². The molecule has 1 atom stereocenters. The molecule has 1 unspecified atom stereocenters. The second-order valence-electron chi connectivity index (χ2n) is 7.70. The maximum absolute atomic E-state index is 13.7. The zero-order valence-electron chi connectivity index (χ0n) is 19.0. The van der Waals surface area contributed by atoms with Crippen LogP contribution in [0.5, 0.6) is 5.75 Å². The normalized spacial score (nSPS) is 12.7. The highest BCUT2D eigenvalue weighted by Gasteiger charge is 2.32. The lowest BCUT2D eigenvalue weighted by atomic mass is 10.1. The van der Waals surface area contributed by atoms with Crippen LogP contribution in [0.1, 0.15) is 25.2 Å². The quantitative estimate of drug-likeness (QED) is 0.393. The maximum Gasteiger partial charge on any atom is 0.266 e. The second kappa shape index (κ2) is 9.36. The number of aromatic nitrogens is 2. The number of benzene rings is 3. The number of hydrogen-bond donors (Lipinski definition) is 0. The standard InChI is InChI=1S/C25H24FN3O4S/c1-4-21(28(2)34(31,32)18-15-13-17(26)14-16-18)24-27-20-10-6-5-9-19(20)25(30)29(24)22-11-7-8-12-23(22)33-3/h5-16,21H,4H2,1-3H3. The van der Waals surface area contributed by atoms with E-state index in [-0.39, 0.29) is 16.3 Å². The summed E-state index contributed by atoms with van der Waals surface area (Å²) in [5.74, 6) is 0.167. The number of nitrogens with zero attached hydrogens (tertiary/aromatic N) is 3. The van der Waals surface area contributed by atoms with Gasteiger partial charge in [-0.15, -0.1) is 0 Å². The van der Waals surface area contributed by atoms with E-state index in [0.717, 1.165) is 12.1 Å². The second-order valence-corrected chi connectivity index (χ2v) is 9.70. The fraction of sp³-hybridized carbons (Fsp3) is 0.200. The molecule has 0 amide bonds. The molecule has 4 aromatic rings. The summed E-state index contributed by atoms with van der Waals surface area (Å²) in [5, 5.41) is 0.399. The molecule has 0 bridgehead atoms. The summed E-state index contributed by atoms with van der Waals surface area (Å²) < 4.78 is 48.3. The molecular weight excluding hydrogens is 457 g/mol. The van der Waals surface area contributed by atoms with Gasteiger partial charge in [0.1, 0.15) is 17.4 Å². The van der Waals surface area contributed by atoms with Crippen LogP contribution in [-0.2, 0) is 10.0 Å². The molecule has 7 nitrogen and oxygen atoms in total. The SMILES string of the molecule is CCC(c1nc2ccccc2c(=O)n1-c1ccccc1OC)N(C)S(=O)(=O)c1ccc(F)cc1. The van der Waals surface area contributed by atoms with Gasteiger partial charge in [-0.25, -0.2) is 17.8 Å². The molecule has 0 N–H and O–H groups in total. The van der Waals surface area contributed by atoms with Gasteiger partial charge in [-0.2, -0.15) is 4.31 Å². The van der Waals surface area contributed by atoms with Crippen LogP contribution < -0.4 is 10.3 Å². The number of rotatable bonds is 7. The molecular formula is C25H24FN3O4S. The van der Waals surface area contributed by atoms with Crippen molar-refractivity contribution in [1.82, 2.24) is 13.9 Å². The van der Waals surface area contributed by atoms with Gasteiger partial charge in [0, 0.05) is 7.05 Å². The molecule has 0 spiro atoms. The van der Waals surface area contributed by atoms with Crippen molar-refractivity contribution in [2.75, 3.05) is 14.2 Å². The third-order valence-corrected chi connectivity index (χ3v) is 7.62. The van der Waals surface area contributed by atoms with Crippen molar-refractivity contribution >= 4 is 20.9 Å². The molecule has 0 saturated carbocycles. The van der Waals surface area contributed by atoms with Crippen molar-refractivity contribution in [3.05, 3.63) is 94.8 Å². The van der Waals surface area contributed by atoms with Crippen LogP contribution in [0.3, 0.4) is 0 Å². The fourth-order valence-corrected chi connectivity index (χ4v) is 5.35. The Hall–Kier alpha value is -3.56. The zero-order valence-corrected chi connectivity index (χ0v) is 19.8. The van der Waals surface area contributed by atoms with Crippen molar-refractivity contribution < 1.29 is 17.5 Å². The van der Waals surface area contributed by atoms with E-state index in [1.165, 1.54) is 35.2 Å². The first kappa shape index (κ1) is 23.6. The highest BCUT2D eigenvalue weighted by atomic mass is 32.2. The summed E-state index contributed by atoms with van der Waals surface area (Å²) in [6, 6.07) is 17.7. The Balaban J connectivity index is 1.98. The average molecular weight is 482 g/mol. The van der Waals surface area contributed by atoms with Gasteiger partial charge < -0.3 is 4.74 Å². The highest BCUT2D eigenvalue weighted by Crippen LogP contribution is 2.31. The number of sulfonamides is 1. The highest BCUT2D eigenvalue weighted by molar-refractivity contribution is 7.89. The molecule has 0 aliphatic rings. The minimum absolute atomic E-state index is 0.0539. The van der Waals surface area contributed by atoms with Crippen LogP contribution in [-0.4, -0.2) is 36.4 Å². The van der Waals surface area contributed by atoms with E-state index < -0.39 is 21.9 Å². The van der Waals surface area contributed by atoms with Gasteiger partial charge in [0.15, 0.2) is 0 Å². The largest absolute Gasteiger partial charge is 0.495 e. The smallest absolute Gasteiger partial charge is 0.266 e. The number of ether oxygens (including phenoxy) is 1. The van der Waals surface area contributed by atoms with E-state index in [0.29, 0.717) is 28.8 Å². The molecule has 34 heavy (non-hydrogen) atoms. The van der Waals surface area contributed by atoms with E-state index in [9.17, 15) is 17.6 Å². The van der Waals surface area contributed by atoms with Crippen LogP contribution >= 0.6 is 0 Å². The van der Waals surface area contributed by atoms with E-state index in [1.807, 2.05) is 6.92 Å². The van der Waals surface area contributed by atoms with E-state index in [4.69, 9.17) is 9.72 Å². The first-order valence-electron chi connectivity index (χ1n) is 10.7. The Morgan fingerprint density at radius 2 is 1.68 bits per heavy atom. The van der Waals surface area contributed by atoms with Gasteiger partial charge in [-0.1, -0.05) is 31.2 Å². The third kappa shape index (κ3) is 4.08. The van der Waals surface area contributed by atoms with Crippen LogP contribution in [0.2, 0.25) is 0 Å². The average Bonchev–Trinajstić information content (AvgIpc) is 2.85. The minimum Gasteiger partial charge on any atom is -0.495 e. The minimum atomic E-state index is -4.02. The lowest BCUT2D eigenvalue weighted by molar-refractivity contribution is 0.346. The van der Waals surface area contributed by atoms with Gasteiger partial charge >= 0.3 is 0 Å². The number of fused-ring (bicyclic) bond motifs is 1. The first-order valence-corrected chi connectivity index (χ1v) is 12.1. The van der Waals surface area contributed by atoms with Crippen LogP contribution in [0.4, 0.5) is 4.39 Å². The molecule has 9 heteroatoms. The predicted molar refractivity (Wildman–Crippen MR) is 128 cm³/mol. The Kier molecular flexibility index (Phi) is 6.49. The molecule has 0 aliphatic carbocycles. The number of methoxy groups -OCH3 is 1. The van der Waals surface area contributed by atoms with Crippen molar-refractivity contribution in [1.29, 1.82) is 0 Å². The molecule has 176 valence electrons. The molecule has 1 aromatic heterocycles. The van der Waals surface area contributed by atoms with Crippen molar-refractivity contribution in [2.45, 2.75) is 24.3 Å². The Morgan fingerprint density at radius 3 is 2.35 bits per heavy atom. The molecule has 0 radical (unpaired) electrons. The molecule has 0 aliphatic heterocycles. The van der Waals surface area contributed by atoms with Gasteiger partial charge in [-0.3, -0.25) is 9.36 Å². The topological polar surface area (TPSA) is 81.5 Å². The first-order chi connectivity index (χ1) is 16.3. The monoisotopic (exact) mass is 481 g/mol. The number of halogens is 1. The molecule has 0 fully saturated rings. The van der Waals surface area contributed by atoms with Crippen molar-refractivity contribution in [3.63, 3.8) is 0 Å². The molecule has 1 heterocycles. The van der Waals surface area contributed by atoms with Gasteiger partial charge in [0.25, 0.3) is 5.56 Å². The molecule has 0 saturated heterocycles. The van der Waals surface area contributed by atoms with Crippen LogP contribution in [0, 0.1) is 5.82 Å². The summed E-state index contributed by atoms with van der Waals surface area (Å²) >= 11 is 0. The summed E-state index contributed by atoms with van der Waals surface area (Å²) in [6.45, 7) is 1.81. The lowest BCUT2D eigenvalue weighted by Crippen LogP contribution is -2.36. The Morgan fingerprint density at radius 1 is 1.03 bits per heavy atom. The summed E-state index contributed by atoms with van der Waals surface area (Å²) in [7, 11) is -1.08. The third-order valence-electron chi connectivity index (χ3n) is 5.74. The zero-order chi connectivity index (χ0) is 24.5. The predicted octanol–water partition coefficient (Wildman–Crippen LogP) is 4.31. The van der Waals surface area contributed by atoms with Gasteiger partial charge in [0.2, 0.25) is 10.0 Å². The van der Waals surface area contributed by atoms with Crippen LogP contribution in [0.25, 0.3) is 16.6 Å². The Bertz CT molecular complexity index is 1500. The maximum atomic E-state index is 13.7. The number of hydrogen-bond acceptors (Lipinski definition) is 5. The fourth-order valence-electron chi connectivity index (χ4n) is 3.96. The molecule has 3 aromatic carbocycles. The summed E-state index contributed by atoms with van der Waals surface area (Å²) in [6.07, 6.45) is 0.330. The van der Waals surface area contributed by atoms with E-state index in [2.05, 4.69) is 0 Å². The Labute approximate surface area is 197 Å². The van der Waals surface area contributed by atoms with Crippen LogP contribution in [0.15, 0.2) is 82.5 Å². The summed E-state index contributed by atoms with van der Waals surface area (Å²) in [4.78, 5) is 18.4. The lowest BCUT2D eigenvalue weighted by Gasteiger charge is -2.28. The van der Waals surface area contributed by atoms with Crippen molar-refractivity contribution in [2.24, 2.45) is 0 Å². The van der Waals surface area contributed by atoms with Crippen molar-refractivity contribution in [3.8, 4) is 11.4 Å². The van der Waals surface area contributed by atoms with Gasteiger partial charge in [-0.05, 0) is 55.0 Å². The molecule has 4 rings (SSSR count). The van der Waals surface area contributed by atoms with Gasteiger partial charge in [0.05, 0.1) is 34.6 Å². The summed E-state index contributed by atoms with van der Waals surface area (Å²) in [5.41, 5.74) is 0.574.